The minimum Gasteiger partial charge on any atom is -0.335 e. The van der Waals surface area contributed by atoms with Gasteiger partial charge >= 0.3 is 6.03 Å². The molecule has 5 nitrogen and oxygen atoms in total. The first kappa shape index (κ1) is 9.31. The van der Waals surface area contributed by atoms with Crippen molar-refractivity contribution in [3.8, 4) is 0 Å². The van der Waals surface area contributed by atoms with Gasteiger partial charge in [-0.3, -0.25) is 0 Å². The van der Waals surface area contributed by atoms with Crippen LogP contribution in [0.25, 0.3) is 0 Å². The van der Waals surface area contributed by atoms with Crippen LogP contribution in [-0.2, 0) is 10.0 Å². The molecule has 0 unspecified atom stereocenters. The van der Waals surface area contributed by atoms with Crippen molar-refractivity contribution < 1.29 is 13.2 Å². The molecule has 2 amide bonds. The Hall–Kier alpha value is -0.780. The minimum absolute atomic E-state index is 0.0690. The quantitative estimate of drug-likeness (QED) is 0.658. The number of carbonyl (C=O) groups is 1. The molecule has 12 heavy (non-hydrogen) atoms. The highest BCUT2D eigenvalue weighted by Gasteiger charge is 2.30. The fourth-order valence-electron chi connectivity index (χ4n) is 1.01. The molecule has 1 saturated heterocycles. The van der Waals surface area contributed by atoms with Crippen LogP contribution in [0.3, 0.4) is 0 Å². The van der Waals surface area contributed by atoms with E-state index in [4.69, 9.17) is 0 Å². The van der Waals surface area contributed by atoms with Gasteiger partial charge in [0.1, 0.15) is 0 Å². The van der Waals surface area contributed by atoms with Gasteiger partial charge in [-0.15, -0.1) is 0 Å². The molecule has 0 saturated carbocycles. The van der Waals surface area contributed by atoms with Crippen LogP contribution < -0.4 is 5.32 Å². The maximum absolute atomic E-state index is 11.3. The predicted octanol–water partition coefficient (Wildman–Crippen LogP) is -0.434. The van der Waals surface area contributed by atoms with Gasteiger partial charge in [0.15, 0.2) is 0 Å². The van der Waals surface area contributed by atoms with Crippen LogP contribution in [0.5, 0.6) is 0 Å². The average Bonchev–Trinajstić information content (AvgIpc) is 2.35. The Morgan fingerprint density at radius 3 is 2.67 bits per heavy atom. The zero-order chi connectivity index (χ0) is 9.19. The van der Waals surface area contributed by atoms with Crippen LogP contribution in [-0.4, -0.2) is 37.6 Å². The number of sulfonamides is 1. The summed E-state index contributed by atoms with van der Waals surface area (Å²) < 4.78 is 23.4. The van der Waals surface area contributed by atoms with Crippen molar-refractivity contribution in [2.24, 2.45) is 0 Å². The summed E-state index contributed by atoms with van der Waals surface area (Å²) in [5.74, 6) is -0.0690. The van der Waals surface area contributed by atoms with E-state index >= 15 is 0 Å². The van der Waals surface area contributed by atoms with Crippen LogP contribution in [0.4, 0.5) is 4.79 Å². The van der Waals surface area contributed by atoms with Gasteiger partial charge in [-0.1, -0.05) is 6.92 Å². The second kappa shape index (κ2) is 3.30. The van der Waals surface area contributed by atoms with Crippen molar-refractivity contribution in [2.45, 2.75) is 6.42 Å². The number of hydrogen-bond donors (Lipinski definition) is 1. The molecule has 0 aromatic rings. The van der Waals surface area contributed by atoms with Gasteiger partial charge in [-0.25, -0.2) is 17.5 Å². The van der Waals surface area contributed by atoms with Crippen LogP contribution >= 0.6 is 0 Å². The molecule has 1 N–H and O–H groups in total. The van der Waals surface area contributed by atoms with Crippen LogP contribution in [0.15, 0.2) is 0 Å². The molecule has 6 heteroatoms. The molecule has 0 aromatic heterocycles. The number of nitrogens with one attached hydrogen (secondary N) is 1. The molecule has 0 aromatic carbocycles. The molecule has 1 rings (SSSR count). The highest BCUT2D eigenvalue weighted by atomic mass is 32.2. The van der Waals surface area contributed by atoms with Crippen LogP contribution in [0, 0.1) is 6.92 Å². The smallest absolute Gasteiger partial charge is 0.331 e. The molecule has 0 aliphatic carbocycles. The van der Waals surface area contributed by atoms with E-state index in [1.54, 1.807) is 0 Å². The first-order valence-corrected chi connectivity index (χ1v) is 5.26. The van der Waals surface area contributed by atoms with Crippen molar-refractivity contribution in [2.75, 3.05) is 18.8 Å². The van der Waals surface area contributed by atoms with Crippen molar-refractivity contribution in [3.05, 3.63) is 6.92 Å². The molecule has 1 radical (unpaired) electrons. The van der Waals surface area contributed by atoms with E-state index in [1.807, 2.05) is 0 Å². The van der Waals surface area contributed by atoms with Gasteiger partial charge in [-0.2, -0.15) is 0 Å². The van der Waals surface area contributed by atoms with Crippen molar-refractivity contribution in [1.82, 2.24) is 9.62 Å². The van der Waals surface area contributed by atoms with E-state index in [-0.39, 0.29) is 18.7 Å². The van der Waals surface area contributed by atoms with Gasteiger partial charge in [0, 0.05) is 6.54 Å². The normalized spacial score (nSPS) is 18.1. The van der Waals surface area contributed by atoms with Crippen LogP contribution in [0.1, 0.15) is 6.42 Å². The minimum atomic E-state index is -3.40. The topological polar surface area (TPSA) is 66.5 Å². The number of nitrogens with zero attached hydrogens (tertiary/aromatic N) is 1. The predicted molar refractivity (Wildman–Crippen MR) is 43.9 cm³/mol. The third-order valence-corrected chi connectivity index (χ3v) is 3.38. The van der Waals surface area contributed by atoms with Crippen molar-refractivity contribution in [3.63, 3.8) is 0 Å². The SMILES string of the molecule is [CH2]CCS(=O)(=O)N1CCNC1=O. The molecule has 0 atom stereocenters. The summed E-state index contributed by atoms with van der Waals surface area (Å²) >= 11 is 0. The Balaban J connectivity index is 2.74. The number of hydrogen-bond acceptors (Lipinski definition) is 3. The van der Waals surface area contributed by atoms with E-state index in [2.05, 4.69) is 12.2 Å². The van der Waals surface area contributed by atoms with E-state index < -0.39 is 16.1 Å². The van der Waals surface area contributed by atoms with E-state index in [0.717, 1.165) is 4.31 Å². The fourth-order valence-corrected chi connectivity index (χ4v) is 2.28. The number of rotatable bonds is 3. The summed E-state index contributed by atoms with van der Waals surface area (Å²) in [5.41, 5.74) is 0. The molecule has 1 aliphatic heterocycles. The second-order valence-corrected chi connectivity index (χ2v) is 4.49. The third-order valence-electron chi connectivity index (χ3n) is 1.56. The summed E-state index contributed by atoms with van der Waals surface area (Å²) in [4.78, 5) is 10.9. The number of carbonyl (C=O) groups excluding carboxylic acids is 1. The van der Waals surface area contributed by atoms with Gasteiger partial charge in [-0.05, 0) is 6.42 Å². The zero-order valence-corrected chi connectivity index (χ0v) is 7.43. The lowest BCUT2D eigenvalue weighted by atomic mass is 10.6. The number of amides is 2. The lowest BCUT2D eigenvalue weighted by Crippen LogP contribution is -2.35. The molecular formula is C6H11N2O3S. The largest absolute Gasteiger partial charge is 0.335 e. The lowest BCUT2D eigenvalue weighted by Gasteiger charge is -2.13. The molecular weight excluding hydrogens is 180 g/mol. The maximum atomic E-state index is 11.3. The summed E-state index contributed by atoms with van der Waals surface area (Å²) in [5, 5.41) is 2.42. The van der Waals surface area contributed by atoms with Gasteiger partial charge < -0.3 is 5.32 Å². The Bertz CT molecular complexity index is 273. The Morgan fingerprint density at radius 1 is 1.58 bits per heavy atom. The van der Waals surface area contributed by atoms with E-state index in [9.17, 15) is 13.2 Å². The molecule has 1 fully saturated rings. The first-order valence-electron chi connectivity index (χ1n) is 3.65. The van der Waals surface area contributed by atoms with Gasteiger partial charge in [0.05, 0.1) is 12.3 Å². The monoisotopic (exact) mass is 191 g/mol. The summed E-state index contributed by atoms with van der Waals surface area (Å²) in [6.07, 6.45) is 0.284. The highest BCUT2D eigenvalue weighted by Crippen LogP contribution is 2.06. The van der Waals surface area contributed by atoms with Crippen molar-refractivity contribution in [1.29, 1.82) is 0 Å². The van der Waals surface area contributed by atoms with Gasteiger partial charge in [0.25, 0.3) is 0 Å². The van der Waals surface area contributed by atoms with Crippen molar-refractivity contribution >= 4 is 16.1 Å². The molecule has 0 spiro atoms. The molecule has 0 bridgehead atoms. The molecule has 69 valence electrons. The lowest BCUT2D eigenvalue weighted by molar-refractivity contribution is 0.236. The highest BCUT2D eigenvalue weighted by molar-refractivity contribution is 7.89. The maximum Gasteiger partial charge on any atom is 0.331 e. The number of urea groups is 1. The van der Waals surface area contributed by atoms with E-state index in [1.165, 1.54) is 0 Å². The standard InChI is InChI=1S/C6H11N2O3S/c1-2-5-12(10,11)8-4-3-7-6(8)9/h1-5H2,(H,7,9). The summed E-state index contributed by atoms with van der Waals surface area (Å²) in [6, 6.07) is -0.525. The fraction of sp³-hybridized carbons (Fsp3) is 0.667. The second-order valence-electron chi connectivity index (χ2n) is 2.47. The summed E-state index contributed by atoms with van der Waals surface area (Å²) in [6.45, 7) is 4.07. The van der Waals surface area contributed by atoms with Gasteiger partial charge in [0.2, 0.25) is 10.0 Å². The average molecular weight is 191 g/mol. The van der Waals surface area contributed by atoms with E-state index in [0.29, 0.717) is 6.54 Å². The first-order chi connectivity index (χ1) is 5.58. The molecule has 1 heterocycles. The van der Waals surface area contributed by atoms with Crippen LogP contribution in [0.2, 0.25) is 0 Å². The zero-order valence-electron chi connectivity index (χ0n) is 6.62. The molecule has 1 aliphatic rings. The Morgan fingerprint density at radius 2 is 2.25 bits per heavy atom. The Labute approximate surface area is 71.8 Å². The third kappa shape index (κ3) is 1.69. The Kier molecular flexibility index (Phi) is 2.56. The summed E-state index contributed by atoms with van der Waals surface area (Å²) in [7, 11) is -3.40.